The van der Waals surface area contributed by atoms with E-state index in [0.717, 1.165) is 42.2 Å². The van der Waals surface area contributed by atoms with Crippen LogP contribution in [0.25, 0.3) is 5.69 Å². The number of hydrogen-bond acceptors (Lipinski definition) is 4. The maximum Gasteiger partial charge on any atom is 0.0645 e. The number of hydrogen-bond donors (Lipinski definition) is 1. The van der Waals surface area contributed by atoms with Crippen molar-refractivity contribution in [2.24, 2.45) is 11.7 Å². The maximum absolute atomic E-state index is 6.37. The normalized spacial score (nSPS) is 13.0. The molecule has 0 aliphatic rings. The van der Waals surface area contributed by atoms with Crippen molar-refractivity contribution in [3.8, 4) is 5.69 Å². The predicted octanol–water partition coefficient (Wildman–Crippen LogP) is 5.57. The first-order chi connectivity index (χ1) is 13.4. The van der Waals surface area contributed by atoms with Crippen LogP contribution >= 0.6 is 11.8 Å². The molecule has 1 atom stereocenters. The highest BCUT2D eigenvalue weighted by Crippen LogP contribution is 2.22. The van der Waals surface area contributed by atoms with E-state index < -0.39 is 0 Å². The van der Waals surface area contributed by atoms with Crippen molar-refractivity contribution in [2.75, 3.05) is 6.54 Å². The molecular weight excluding hydrogens is 364 g/mol. The molecule has 2 aromatic rings. The first-order valence-corrected chi connectivity index (χ1v) is 11.1. The van der Waals surface area contributed by atoms with Gasteiger partial charge in [0.05, 0.1) is 23.3 Å². The molecule has 152 valence electrons. The van der Waals surface area contributed by atoms with Gasteiger partial charge < -0.3 is 10.6 Å². The summed E-state index contributed by atoms with van der Waals surface area (Å²) in [7, 11) is 0. The van der Waals surface area contributed by atoms with E-state index >= 15 is 0 Å². The number of benzene rings is 1. The zero-order valence-corrected chi connectivity index (χ0v) is 18.5. The van der Waals surface area contributed by atoms with Crippen LogP contribution in [0.5, 0.6) is 0 Å². The van der Waals surface area contributed by atoms with Gasteiger partial charge in [-0.1, -0.05) is 52.0 Å². The fourth-order valence-electron chi connectivity index (χ4n) is 3.14. The van der Waals surface area contributed by atoms with Gasteiger partial charge in [0.2, 0.25) is 0 Å². The first kappa shape index (κ1) is 22.2. The van der Waals surface area contributed by atoms with Crippen molar-refractivity contribution in [3.63, 3.8) is 0 Å². The minimum Gasteiger partial charge on any atom is -0.397 e. The summed E-state index contributed by atoms with van der Waals surface area (Å²) >= 11 is 1.68. The molecule has 28 heavy (non-hydrogen) atoms. The van der Waals surface area contributed by atoms with Crippen molar-refractivity contribution in [3.05, 3.63) is 71.7 Å². The third-order valence-corrected chi connectivity index (χ3v) is 5.52. The standard InChI is InChI=1S/C23H34N4S/c1-6-10-19(4)26(14-18(2)3)20(5)23(24)17-28-16-21-13-25-27(15-21)22-11-8-7-9-12-22/h7-9,11-13,15,17-19H,5-6,10,14,16,24H2,1-4H3/b23-17-. The van der Waals surface area contributed by atoms with Crippen LogP contribution < -0.4 is 5.73 Å². The van der Waals surface area contributed by atoms with Crippen LogP contribution in [-0.2, 0) is 5.75 Å². The van der Waals surface area contributed by atoms with E-state index in [1.54, 1.807) is 11.8 Å². The molecule has 1 aromatic heterocycles. The van der Waals surface area contributed by atoms with Crippen LogP contribution in [-0.4, -0.2) is 27.3 Å². The van der Waals surface area contributed by atoms with Crippen LogP contribution in [0, 0.1) is 5.92 Å². The largest absolute Gasteiger partial charge is 0.397 e. The van der Waals surface area contributed by atoms with E-state index in [0.29, 0.717) is 12.0 Å². The van der Waals surface area contributed by atoms with Gasteiger partial charge in [-0.25, -0.2) is 4.68 Å². The van der Waals surface area contributed by atoms with Crippen LogP contribution in [0.3, 0.4) is 0 Å². The summed E-state index contributed by atoms with van der Waals surface area (Å²) in [5.41, 5.74) is 10.3. The summed E-state index contributed by atoms with van der Waals surface area (Å²) in [4.78, 5) is 2.36. The molecular formula is C23H34N4S. The van der Waals surface area contributed by atoms with Gasteiger partial charge in [-0.15, -0.1) is 11.8 Å². The molecule has 0 spiro atoms. The minimum absolute atomic E-state index is 0.445. The van der Waals surface area contributed by atoms with E-state index in [2.05, 4.69) is 50.5 Å². The average Bonchev–Trinajstić information content (AvgIpc) is 3.15. The smallest absolute Gasteiger partial charge is 0.0645 e. The highest BCUT2D eigenvalue weighted by molar-refractivity contribution is 8.01. The topological polar surface area (TPSA) is 47.1 Å². The van der Waals surface area contributed by atoms with E-state index in [-0.39, 0.29) is 0 Å². The zero-order chi connectivity index (χ0) is 20.5. The fraction of sp³-hybridized carbons (Fsp3) is 0.435. The third-order valence-electron chi connectivity index (χ3n) is 4.60. The summed E-state index contributed by atoms with van der Waals surface area (Å²) < 4.78 is 1.90. The fourth-order valence-corrected chi connectivity index (χ4v) is 3.88. The van der Waals surface area contributed by atoms with Crippen molar-refractivity contribution < 1.29 is 0 Å². The Hall–Kier alpha value is -2.14. The van der Waals surface area contributed by atoms with Gasteiger partial charge in [0, 0.05) is 30.1 Å². The Morgan fingerprint density at radius 3 is 2.64 bits per heavy atom. The molecule has 1 heterocycles. The molecule has 0 bridgehead atoms. The van der Waals surface area contributed by atoms with Gasteiger partial charge in [-0.2, -0.15) is 5.10 Å². The molecule has 5 heteroatoms. The molecule has 0 amide bonds. The van der Waals surface area contributed by atoms with Gasteiger partial charge in [0.15, 0.2) is 0 Å². The second-order valence-electron chi connectivity index (χ2n) is 7.64. The summed E-state index contributed by atoms with van der Waals surface area (Å²) in [6.45, 7) is 14.2. The van der Waals surface area contributed by atoms with Crippen LogP contribution in [0.15, 0.2) is 66.1 Å². The number of aromatic nitrogens is 2. The van der Waals surface area contributed by atoms with Gasteiger partial charge in [0.25, 0.3) is 0 Å². The van der Waals surface area contributed by atoms with Gasteiger partial charge in [-0.05, 0) is 36.8 Å². The summed E-state index contributed by atoms with van der Waals surface area (Å²) in [6, 6.07) is 10.6. The highest BCUT2D eigenvalue weighted by Gasteiger charge is 2.17. The van der Waals surface area contributed by atoms with Crippen molar-refractivity contribution >= 4 is 11.8 Å². The van der Waals surface area contributed by atoms with E-state index in [4.69, 9.17) is 5.73 Å². The molecule has 0 saturated carbocycles. The molecule has 2 N–H and O–H groups in total. The van der Waals surface area contributed by atoms with Crippen LogP contribution in [0.1, 0.15) is 46.1 Å². The minimum atomic E-state index is 0.445. The molecule has 2 rings (SSSR count). The Morgan fingerprint density at radius 2 is 2.00 bits per heavy atom. The second kappa shape index (κ2) is 11.0. The first-order valence-electron chi connectivity index (χ1n) is 10.0. The lowest BCUT2D eigenvalue weighted by Gasteiger charge is -2.34. The van der Waals surface area contributed by atoms with E-state index in [1.807, 2.05) is 46.6 Å². The highest BCUT2D eigenvalue weighted by atomic mass is 32.2. The van der Waals surface area contributed by atoms with Gasteiger partial charge in [-0.3, -0.25) is 0 Å². The number of rotatable bonds is 11. The quantitative estimate of drug-likeness (QED) is 0.503. The third kappa shape index (κ3) is 6.48. The predicted molar refractivity (Wildman–Crippen MR) is 122 cm³/mol. The second-order valence-corrected chi connectivity index (χ2v) is 8.50. The van der Waals surface area contributed by atoms with Crippen molar-refractivity contribution in [1.82, 2.24) is 14.7 Å². The summed E-state index contributed by atoms with van der Waals surface area (Å²) in [5.74, 6) is 1.40. The molecule has 0 aliphatic heterocycles. The van der Waals surface area contributed by atoms with Crippen LogP contribution in [0.2, 0.25) is 0 Å². The Labute approximate surface area is 174 Å². The lowest BCUT2D eigenvalue weighted by molar-refractivity contribution is 0.233. The maximum atomic E-state index is 6.37. The molecule has 0 radical (unpaired) electrons. The van der Waals surface area contributed by atoms with E-state index in [1.165, 1.54) is 5.56 Å². The molecule has 1 aromatic carbocycles. The summed E-state index contributed by atoms with van der Waals surface area (Å²) in [6.07, 6.45) is 6.28. The zero-order valence-electron chi connectivity index (χ0n) is 17.6. The van der Waals surface area contributed by atoms with Gasteiger partial charge in [0.1, 0.15) is 0 Å². The molecule has 4 nitrogen and oxygen atoms in total. The van der Waals surface area contributed by atoms with Crippen molar-refractivity contribution in [2.45, 2.75) is 52.3 Å². The molecule has 0 aliphatic carbocycles. The Morgan fingerprint density at radius 1 is 1.29 bits per heavy atom. The number of nitrogens with two attached hydrogens (primary N) is 1. The lowest BCUT2D eigenvalue weighted by atomic mass is 10.1. The molecule has 1 unspecified atom stereocenters. The SMILES string of the molecule is C=C(/C(N)=C/SCc1cnn(-c2ccccc2)c1)N(CC(C)C)C(C)CCC. The van der Waals surface area contributed by atoms with Crippen LogP contribution in [0.4, 0.5) is 0 Å². The average molecular weight is 399 g/mol. The Bertz CT molecular complexity index is 764. The Balaban J connectivity index is 1.97. The Kier molecular flexibility index (Phi) is 8.71. The van der Waals surface area contributed by atoms with Gasteiger partial charge >= 0.3 is 0 Å². The molecule has 0 fully saturated rings. The van der Waals surface area contributed by atoms with E-state index in [9.17, 15) is 0 Å². The van der Waals surface area contributed by atoms with Crippen molar-refractivity contribution in [1.29, 1.82) is 0 Å². The number of para-hydroxylation sites is 1. The number of nitrogens with zero attached hydrogens (tertiary/aromatic N) is 3. The number of thioether (sulfide) groups is 1. The lowest BCUT2D eigenvalue weighted by Crippen LogP contribution is -2.36. The monoisotopic (exact) mass is 398 g/mol. The molecule has 0 saturated heterocycles. The summed E-state index contributed by atoms with van der Waals surface area (Å²) in [5, 5.41) is 6.47.